The van der Waals surface area contributed by atoms with E-state index in [0.29, 0.717) is 30.3 Å². The molecule has 1 N–H and O–H groups in total. The maximum Gasteiger partial charge on any atom is 0.252 e. The summed E-state index contributed by atoms with van der Waals surface area (Å²) in [6.07, 6.45) is 0. The third-order valence-corrected chi connectivity index (χ3v) is 6.47. The zero-order valence-electron chi connectivity index (χ0n) is 20.1. The average molecular weight is 488 g/mol. The van der Waals surface area contributed by atoms with Crippen molar-refractivity contribution in [1.29, 1.82) is 0 Å². The van der Waals surface area contributed by atoms with Crippen molar-refractivity contribution in [2.75, 3.05) is 13.2 Å². The first kappa shape index (κ1) is 24.5. The van der Waals surface area contributed by atoms with Crippen LogP contribution in [0.25, 0.3) is 5.69 Å². The monoisotopic (exact) mass is 487 g/mol. The Morgan fingerprint density at radius 2 is 1.69 bits per heavy atom. The Labute approximate surface area is 209 Å². The van der Waals surface area contributed by atoms with Gasteiger partial charge in [0.05, 0.1) is 23.5 Å². The molecule has 7 nitrogen and oxygen atoms in total. The number of tetrazole rings is 1. The van der Waals surface area contributed by atoms with Gasteiger partial charge in [-0.05, 0) is 57.8 Å². The minimum Gasteiger partial charge on any atom is -0.492 e. The molecular formula is C27H29N5O2S. The lowest BCUT2D eigenvalue weighted by molar-refractivity contribution is 0.0944. The standard InChI is InChI=1S/C27H29N5O2S/c1-27(2,3)20-13-15-22(16-14-20)34-18-17-28-26(33)23-11-7-8-12-24(23)35-19-25-29-30-31-32(25)21-9-5-4-6-10-21/h4-16H,17-19H2,1-3H3,(H,28,33). The van der Waals surface area contributed by atoms with Crippen LogP contribution in [-0.4, -0.2) is 39.3 Å². The Hall–Kier alpha value is -3.65. The molecule has 0 aliphatic heterocycles. The van der Waals surface area contributed by atoms with Crippen LogP contribution in [0.1, 0.15) is 42.5 Å². The zero-order valence-corrected chi connectivity index (χ0v) is 21.0. The Balaban J connectivity index is 1.31. The first-order valence-electron chi connectivity index (χ1n) is 11.5. The molecule has 180 valence electrons. The quantitative estimate of drug-likeness (QED) is 0.262. The van der Waals surface area contributed by atoms with Gasteiger partial charge in [-0.25, -0.2) is 0 Å². The molecule has 4 aromatic rings. The number of hydrogen-bond acceptors (Lipinski definition) is 6. The van der Waals surface area contributed by atoms with E-state index in [1.807, 2.05) is 66.7 Å². The highest BCUT2D eigenvalue weighted by Crippen LogP contribution is 2.26. The van der Waals surface area contributed by atoms with Crippen molar-refractivity contribution in [2.45, 2.75) is 36.8 Å². The van der Waals surface area contributed by atoms with E-state index in [2.05, 4.69) is 53.7 Å². The van der Waals surface area contributed by atoms with Crippen LogP contribution in [0, 0.1) is 0 Å². The highest BCUT2D eigenvalue weighted by Gasteiger charge is 2.15. The lowest BCUT2D eigenvalue weighted by atomic mass is 9.87. The first-order chi connectivity index (χ1) is 16.9. The SMILES string of the molecule is CC(C)(C)c1ccc(OCCNC(=O)c2ccccc2SCc2nnnn2-c2ccccc2)cc1. The molecule has 8 heteroatoms. The second kappa shape index (κ2) is 11.2. The van der Waals surface area contributed by atoms with E-state index in [4.69, 9.17) is 4.74 Å². The second-order valence-electron chi connectivity index (χ2n) is 9.01. The van der Waals surface area contributed by atoms with Crippen LogP contribution in [-0.2, 0) is 11.2 Å². The Bertz CT molecular complexity index is 1250. The number of nitrogens with one attached hydrogen (secondary N) is 1. The number of thioether (sulfide) groups is 1. The van der Waals surface area contributed by atoms with Crippen LogP contribution < -0.4 is 10.1 Å². The van der Waals surface area contributed by atoms with Gasteiger partial charge < -0.3 is 10.1 Å². The number of carbonyl (C=O) groups is 1. The minimum absolute atomic E-state index is 0.103. The van der Waals surface area contributed by atoms with E-state index in [9.17, 15) is 4.79 Å². The summed E-state index contributed by atoms with van der Waals surface area (Å²) in [5.74, 6) is 1.89. The molecule has 0 saturated heterocycles. The first-order valence-corrected chi connectivity index (χ1v) is 12.5. The lowest BCUT2D eigenvalue weighted by Gasteiger charge is -2.19. The summed E-state index contributed by atoms with van der Waals surface area (Å²) in [5, 5.41) is 15.0. The number of rotatable bonds is 9. The van der Waals surface area contributed by atoms with Crippen LogP contribution in [0.2, 0.25) is 0 Å². The zero-order chi connectivity index (χ0) is 24.7. The molecule has 0 radical (unpaired) electrons. The fourth-order valence-electron chi connectivity index (χ4n) is 3.47. The predicted octanol–water partition coefficient (Wildman–Crippen LogP) is 5.06. The summed E-state index contributed by atoms with van der Waals surface area (Å²) >= 11 is 1.53. The highest BCUT2D eigenvalue weighted by molar-refractivity contribution is 7.98. The van der Waals surface area contributed by atoms with Gasteiger partial charge in [0.25, 0.3) is 5.91 Å². The molecule has 0 saturated carbocycles. The number of para-hydroxylation sites is 1. The van der Waals surface area contributed by atoms with Gasteiger partial charge in [0.1, 0.15) is 12.4 Å². The molecule has 1 heterocycles. The van der Waals surface area contributed by atoms with Gasteiger partial charge in [-0.15, -0.1) is 16.9 Å². The predicted molar refractivity (Wildman–Crippen MR) is 138 cm³/mol. The second-order valence-corrected chi connectivity index (χ2v) is 10.0. The van der Waals surface area contributed by atoms with Gasteiger partial charge in [-0.2, -0.15) is 4.68 Å². The number of ether oxygens (including phenoxy) is 1. The maximum absolute atomic E-state index is 12.9. The molecule has 0 bridgehead atoms. The van der Waals surface area contributed by atoms with Gasteiger partial charge in [0.15, 0.2) is 5.82 Å². The van der Waals surface area contributed by atoms with E-state index in [0.717, 1.165) is 16.3 Å². The van der Waals surface area contributed by atoms with Gasteiger partial charge in [-0.1, -0.05) is 63.2 Å². The van der Waals surface area contributed by atoms with Crippen molar-refractivity contribution in [1.82, 2.24) is 25.5 Å². The molecule has 4 rings (SSSR count). The van der Waals surface area contributed by atoms with Crippen LogP contribution >= 0.6 is 11.8 Å². The summed E-state index contributed by atoms with van der Waals surface area (Å²) in [6, 6.07) is 25.4. The molecule has 0 aliphatic carbocycles. The molecule has 0 atom stereocenters. The molecule has 1 amide bonds. The van der Waals surface area contributed by atoms with Crippen molar-refractivity contribution in [2.24, 2.45) is 0 Å². The fourth-order valence-corrected chi connectivity index (χ4v) is 4.42. The summed E-state index contributed by atoms with van der Waals surface area (Å²) in [7, 11) is 0. The largest absolute Gasteiger partial charge is 0.492 e. The van der Waals surface area contributed by atoms with E-state index < -0.39 is 0 Å². The topological polar surface area (TPSA) is 81.9 Å². The van der Waals surface area contributed by atoms with Crippen molar-refractivity contribution < 1.29 is 9.53 Å². The highest BCUT2D eigenvalue weighted by atomic mass is 32.2. The smallest absolute Gasteiger partial charge is 0.252 e. The maximum atomic E-state index is 12.9. The lowest BCUT2D eigenvalue weighted by Crippen LogP contribution is -2.28. The average Bonchev–Trinajstić information content (AvgIpc) is 3.34. The molecular weight excluding hydrogens is 458 g/mol. The van der Waals surface area contributed by atoms with Gasteiger partial charge >= 0.3 is 0 Å². The Kier molecular flexibility index (Phi) is 7.82. The van der Waals surface area contributed by atoms with Crippen molar-refractivity contribution in [3.63, 3.8) is 0 Å². The molecule has 0 unspecified atom stereocenters. The number of hydrogen-bond donors (Lipinski definition) is 1. The molecule has 3 aromatic carbocycles. The number of carbonyl (C=O) groups excluding carboxylic acids is 1. The Morgan fingerprint density at radius 1 is 0.971 bits per heavy atom. The van der Waals surface area contributed by atoms with E-state index in [1.54, 1.807) is 4.68 Å². The number of aromatic nitrogens is 4. The van der Waals surface area contributed by atoms with Crippen molar-refractivity contribution in [3.05, 3.63) is 95.8 Å². The summed E-state index contributed by atoms with van der Waals surface area (Å²) in [4.78, 5) is 13.7. The molecule has 35 heavy (non-hydrogen) atoms. The summed E-state index contributed by atoms with van der Waals surface area (Å²) in [5.41, 5.74) is 2.87. The van der Waals surface area contributed by atoms with Crippen molar-refractivity contribution >= 4 is 17.7 Å². The Morgan fingerprint density at radius 3 is 2.43 bits per heavy atom. The van der Waals surface area contributed by atoms with Crippen LogP contribution in [0.5, 0.6) is 5.75 Å². The van der Waals surface area contributed by atoms with Gasteiger partial charge in [0, 0.05) is 4.90 Å². The van der Waals surface area contributed by atoms with Gasteiger partial charge in [0.2, 0.25) is 0 Å². The van der Waals surface area contributed by atoms with Crippen LogP contribution in [0.4, 0.5) is 0 Å². The van der Waals surface area contributed by atoms with Crippen LogP contribution in [0.3, 0.4) is 0 Å². The number of nitrogens with zero attached hydrogens (tertiary/aromatic N) is 4. The third-order valence-electron chi connectivity index (χ3n) is 5.40. The fraction of sp³-hybridized carbons (Fsp3) is 0.259. The summed E-state index contributed by atoms with van der Waals surface area (Å²) < 4.78 is 7.51. The van der Waals surface area contributed by atoms with E-state index in [1.165, 1.54) is 17.3 Å². The molecule has 0 fully saturated rings. The van der Waals surface area contributed by atoms with Gasteiger partial charge in [-0.3, -0.25) is 4.79 Å². The number of amides is 1. The number of benzene rings is 3. The van der Waals surface area contributed by atoms with E-state index in [-0.39, 0.29) is 11.3 Å². The van der Waals surface area contributed by atoms with E-state index >= 15 is 0 Å². The normalized spacial score (nSPS) is 11.3. The van der Waals surface area contributed by atoms with Crippen molar-refractivity contribution in [3.8, 4) is 11.4 Å². The third kappa shape index (κ3) is 6.48. The molecule has 0 spiro atoms. The minimum atomic E-state index is -0.137. The summed E-state index contributed by atoms with van der Waals surface area (Å²) in [6.45, 7) is 7.34. The van der Waals surface area contributed by atoms with Crippen LogP contribution in [0.15, 0.2) is 83.8 Å². The molecule has 0 aliphatic rings. The molecule has 1 aromatic heterocycles.